The molecule has 0 radical (unpaired) electrons. The highest BCUT2D eigenvalue weighted by atomic mass is 16.3. The third-order valence-electron chi connectivity index (χ3n) is 2.56. The molecule has 0 aliphatic heterocycles. The molecule has 0 spiro atoms. The van der Waals surface area contributed by atoms with Gasteiger partial charge in [0.2, 0.25) is 0 Å². The number of aromatic hydroxyl groups is 1. The van der Waals surface area contributed by atoms with E-state index in [1.54, 1.807) is 12.1 Å². The molecule has 1 aromatic carbocycles. The molecule has 4 nitrogen and oxygen atoms in total. The monoisotopic (exact) mass is 248 g/mol. The van der Waals surface area contributed by atoms with Crippen LogP contribution in [0.5, 0.6) is 5.75 Å². The third-order valence-corrected chi connectivity index (χ3v) is 2.56. The number of hydrogen-bond acceptors (Lipinski definition) is 3. The molecule has 18 heavy (non-hydrogen) atoms. The van der Waals surface area contributed by atoms with E-state index in [9.17, 15) is 4.79 Å². The second-order valence-electron chi connectivity index (χ2n) is 4.77. The van der Waals surface area contributed by atoms with Gasteiger partial charge in [-0.2, -0.15) is 5.10 Å². The van der Waals surface area contributed by atoms with E-state index in [1.807, 2.05) is 6.92 Å². The zero-order valence-corrected chi connectivity index (χ0v) is 11.1. The van der Waals surface area contributed by atoms with E-state index in [0.29, 0.717) is 11.5 Å². The minimum absolute atomic E-state index is 0.142. The van der Waals surface area contributed by atoms with Crippen molar-refractivity contribution in [2.45, 2.75) is 33.6 Å². The van der Waals surface area contributed by atoms with Crippen molar-refractivity contribution in [2.24, 2.45) is 11.0 Å². The maximum Gasteiger partial charge on any atom is 0.271 e. The lowest BCUT2D eigenvalue weighted by Crippen LogP contribution is -2.19. The molecular formula is C14H20N2O2. The lowest BCUT2D eigenvalue weighted by molar-refractivity contribution is 0.0954. The number of amides is 1. The molecule has 0 atom stereocenters. The van der Waals surface area contributed by atoms with E-state index in [0.717, 1.165) is 18.6 Å². The Balaban J connectivity index is 2.49. The van der Waals surface area contributed by atoms with E-state index in [-0.39, 0.29) is 11.7 Å². The lowest BCUT2D eigenvalue weighted by Gasteiger charge is -2.05. The molecule has 2 N–H and O–H groups in total. The molecular weight excluding hydrogens is 228 g/mol. The first kappa shape index (κ1) is 14.2. The zero-order chi connectivity index (χ0) is 13.5. The Hall–Kier alpha value is -1.84. The van der Waals surface area contributed by atoms with Crippen LogP contribution in [-0.2, 0) is 0 Å². The first-order chi connectivity index (χ1) is 8.49. The molecule has 0 fully saturated rings. The minimum atomic E-state index is -0.265. The van der Waals surface area contributed by atoms with Crippen molar-refractivity contribution in [2.75, 3.05) is 0 Å². The van der Waals surface area contributed by atoms with Gasteiger partial charge in [0.25, 0.3) is 5.91 Å². The van der Waals surface area contributed by atoms with Gasteiger partial charge in [0, 0.05) is 11.3 Å². The van der Waals surface area contributed by atoms with Gasteiger partial charge in [-0.15, -0.1) is 0 Å². The van der Waals surface area contributed by atoms with Gasteiger partial charge in [-0.25, -0.2) is 5.43 Å². The van der Waals surface area contributed by atoms with Crippen LogP contribution < -0.4 is 5.43 Å². The Morgan fingerprint density at radius 1 is 1.33 bits per heavy atom. The zero-order valence-electron chi connectivity index (χ0n) is 11.1. The predicted molar refractivity (Wildman–Crippen MR) is 72.8 cm³/mol. The Morgan fingerprint density at radius 2 is 1.94 bits per heavy atom. The molecule has 0 aliphatic rings. The fourth-order valence-corrected chi connectivity index (χ4v) is 1.38. The number of carbonyl (C=O) groups is 1. The third kappa shape index (κ3) is 4.99. The molecule has 0 saturated carbocycles. The van der Waals surface area contributed by atoms with Crippen LogP contribution in [0.2, 0.25) is 0 Å². The summed E-state index contributed by atoms with van der Waals surface area (Å²) in [5.74, 6) is 0.505. The molecule has 98 valence electrons. The van der Waals surface area contributed by atoms with Gasteiger partial charge in [-0.05, 0) is 49.9 Å². The summed E-state index contributed by atoms with van der Waals surface area (Å²) >= 11 is 0. The van der Waals surface area contributed by atoms with E-state index in [2.05, 4.69) is 24.4 Å². The first-order valence-corrected chi connectivity index (χ1v) is 6.11. The summed E-state index contributed by atoms with van der Waals surface area (Å²) in [6.07, 6.45) is 1.94. The Bertz CT molecular complexity index is 422. The number of phenols is 1. The van der Waals surface area contributed by atoms with E-state index in [1.165, 1.54) is 12.1 Å². The van der Waals surface area contributed by atoms with E-state index in [4.69, 9.17) is 5.11 Å². The van der Waals surface area contributed by atoms with Crippen molar-refractivity contribution in [3.8, 4) is 5.75 Å². The van der Waals surface area contributed by atoms with E-state index < -0.39 is 0 Å². The van der Waals surface area contributed by atoms with Crippen molar-refractivity contribution < 1.29 is 9.90 Å². The van der Waals surface area contributed by atoms with Gasteiger partial charge in [0.15, 0.2) is 0 Å². The number of carbonyl (C=O) groups excluding carboxylic acids is 1. The average Bonchev–Trinajstić information content (AvgIpc) is 2.34. The van der Waals surface area contributed by atoms with Crippen molar-refractivity contribution in [3.05, 3.63) is 29.8 Å². The number of hydrogen-bond donors (Lipinski definition) is 2. The molecule has 0 unspecified atom stereocenters. The quantitative estimate of drug-likeness (QED) is 0.621. The average molecular weight is 248 g/mol. The van der Waals surface area contributed by atoms with Crippen molar-refractivity contribution in [3.63, 3.8) is 0 Å². The largest absolute Gasteiger partial charge is 0.508 e. The second-order valence-corrected chi connectivity index (χ2v) is 4.77. The number of hydrazone groups is 1. The highest BCUT2D eigenvalue weighted by Gasteiger charge is 2.04. The van der Waals surface area contributed by atoms with Crippen LogP contribution in [0.4, 0.5) is 0 Å². The number of benzene rings is 1. The normalized spacial score (nSPS) is 11.7. The second kappa shape index (κ2) is 6.79. The first-order valence-electron chi connectivity index (χ1n) is 6.11. The Morgan fingerprint density at radius 3 is 2.50 bits per heavy atom. The maximum atomic E-state index is 11.7. The summed E-state index contributed by atoms with van der Waals surface area (Å²) in [5, 5.41) is 13.2. The maximum absolute atomic E-state index is 11.7. The highest BCUT2D eigenvalue weighted by Crippen LogP contribution is 2.09. The summed E-state index contributed by atoms with van der Waals surface area (Å²) in [7, 11) is 0. The van der Waals surface area contributed by atoms with Crippen LogP contribution in [0.25, 0.3) is 0 Å². The van der Waals surface area contributed by atoms with Crippen LogP contribution in [-0.4, -0.2) is 16.7 Å². The number of nitrogens with one attached hydrogen (secondary N) is 1. The highest BCUT2D eigenvalue weighted by molar-refractivity contribution is 5.95. The van der Waals surface area contributed by atoms with Gasteiger partial charge in [-0.1, -0.05) is 13.8 Å². The standard InChI is InChI=1S/C14H20N2O2/c1-10(2)4-5-11(3)15-16-14(18)12-6-8-13(17)9-7-12/h6-10,17H,4-5H2,1-3H3,(H,16,18)/b15-11+. The molecule has 0 aliphatic carbocycles. The van der Waals surface area contributed by atoms with Crippen LogP contribution in [0.1, 0.15) is 44.0 Å². The van der Waals surface area contributed by atoms with Gasteiger partial charge in [-0.3, -0.25) is 4.79 Å². The summed E-state index contributed by atoms with van der Waals surface area (Å²) in [6.45, 7) is 6.21. The molecule has 0 saturated heterocycles. The molecule has 4 heteroatoms. The van der Waals surface area contributed by atoms with Crippen LogP contribution >= 0.6 is 0 Å². The Kier molecular flexibility index (Phi) is 5.36. The van der Waals surface area contributed by atoms with Gasteiger partial charge in [0.05, 0.1) is 0 Å². The molecule has 0 aromatic heterocycles. The van der Waals surface area contributed by atoms with Crippen LogP contribution in [0.15, 0.2) is 29.4 Å². The SMILES string of the molecule is C/C(CCC(C)C)=N\NC(=O)c1ccc(O)cc1. The number of phenolic OH excluding ortho intramolecular Hbond substituents is 1. The Labute approximate surface area is 108 Å². The smallest absolute Gasteiger partial charge is 0.271 e. The van der Waals surface area contributed by atoms with Crippen molar-refractivity contribution >= 4 is 11.6 Å². The fourth-order valence-electron chi connectivity index (χ4n) is 1.38. The number of rotatable bonds is 5. The van der Waals surface area contributed by atoms with Crippen LogP contribution in [0, 0.1) is 5.92 Å². The summed E-state index contributed by atoms with van der Waals surface area (Å²) in [6, 6.07) is 6.07. The summed E-state index contributed by atoms with van der Waals surface area (Å²) < 4.78 is 0. The molecule has 0 bridgehead atoms. The van der Waals surface area contributed by atoms with E-state index >= 15 is 0 Å². The van der Waals surface area contributed by atoms with Gasteiger partial charge < -0.3 is 5.11 Å². The molecule has 0 heterocycles. The summed E-state index contributed by atoms with van der Waals surface area (Å²) in [5.41, 5.74) is 3.90. The van der Waals surface area contributed by atoms with Crippen molar-refractivity contribution in [1.29, 1.82) is 0 Å². The predicted octanol–water partition coefficient (Wildman–Crippen LogP) is 2.93. The fraction of sp³-hybridized carbons (Fsp3) is 0.429. The minimum Gasteiger partial charge on any atom is -0.508 e. The van der Waals surface area contributed by atoms with Crippen LogP contribution in [0.3, 0.4) is 0 Å². The topological polar surface area (TPSA) is 61.7 Å². The van der Waals surface area contributed by atoms with Gasteiger partial charge >= 0.3 is 0 Å². The molecule has 1 amide bonds. The van der Waals surface area contributed by atoms with Crippen molar-refractivity contribution in [1.82, 2.24) is 5.43 Å². The molecule has 1 aromatic rings. The molecule has 1 rings (SSSR count). The number of nitrogens with zero attached hydrogens (tertiary/aromatic N) is 1. The van der Waals surface area contributed by atoms with Gasteiger partial charge in [0.1, 0.15) is 5.75 Å². The summed E-state index contributed by atoms with van der Waals surface area (Å²) in [4.78, 5) is 11.7. The lowest BCUT2D eigenvalue weighted by atomic mass is 10.1.